The monoisotopic (exact) mass is 431 g/mol. The number of esters is 1. The summed E-state index contributed by atoms with van der Waals surface area (Å²) in [4.78, 5) is 42.4. The summed E-state index contributed by atoms with van der Waals surface area (Å²) in [5.74, 6) is -0.980. The van der Waals surface area contributed by atoms with Crippen LogP contribution < -0.4 is 5.32 Å². The molecule has 0 radical (unpaired) electrons. The fourth-order valence-corrected chi connectivity index (χ4v) is 3.82. The van der Waals surface area contributed by atoms with Gasteiger partial charge in [0.2, 0.25) is 11.8 Å². The lowest BCUT2D eigenvalue weighted by Crippen LogP contribution is -2.43. The fourth-order valence-electron chi connectivity index (χ4n) is 2.57. The molecule has 3 rings (SSSR count). The van der Waals surface area contributed by atoms with Gasteiger partial charge in [0.15, 0.2) is 5.17 Å². The number of hydrogen-bond donors (Lipinski definition) is 1. The zero-order valence-corrected chi connectivity index (χ0v) is 17.3. The minimum Gasteiger partial charge on any atom is -0.465 e. The van der Waals surface area contributed by atoms with Gasteiger partial charge in [-0.05, 0) is 36.4 Å². The van der Waals surface area contributed by atoms with Crippen molar-refractivity contribution >= 4 is 57.7 Å². The van der Waals surface area contributed by atoms with Gasteiger partial charge in [-0.15, -0.1) is 0 Å². The Morgan fingerprint density at radius 2 is 1.90 bits per heavy atom. The van der Waals surface area contributed by atoms with E-state index in [0.717, 1.165) is 0 Å². The van der Waals surface area contributed by atoms with Crippen LogP contribution in [-0.4, -0.2) is 47.3 Å². The molecule has 0 aliphatic carbocycles. The van der Waals surface area contributed by atoms with Crippen molar-refractivity contribution in [3.05, 3.63) is 59.1 Å². The molecule has 0 spiro atoms. The Bertz CT molecular complexity index is 978. The molecule has 0 aromatic heterocycles. The number of thioether (sulfide) groups is 1. The largest absolute Gasteiger partial charge is 0.465 e. The summed E-state index contributed by atoms with van der Waals surface area (Å²) < 4.78 is 4.67. The number of nitrogens with zero attached hydrogens (tertiary/aromatic N) is 2. The Balaban J connectivity index is 1.77. The first-order valence-corrected chi connectivity index (χ1v) is 9.90. The number of para-hydroxylation sites is 1. The average molecular weight is 432 g/mol. The molecule has 2 aromatic carbocycles. The number of halogens is 1. The standard InChI is InChI=1S/C20H18ClN3O4S/c1-24-17(25)11-16(18(26)23-15-6-4-3-5-14(15)21)29-20(24)22-13-9-7-12(8-10-13)19(27)28-2/h3-10,16H,11H2,1-2H3,(H,23,26)/t16-/m1/s1. The topological polar surface area (TPSA) is 88.1 Å². The smallest absolute Gasteiger partial charge is 0.337 e. The SMILES string of the molecule is COC(=O)c1ccc(N=C2S[C@@H](C(=O)Nc3ccccc3Cl)CC(=O)N2C)cc1. The van der Waals surface area contributed by atoms with Crippen LogP contribution in [0.4, 0.5) is 11.4 Å². The molecule has 0 unspecified atom stereocenters. The highest BCUT2D eigenvalue weighted by molar-refractivity contribution is 8.15. The van der Waals surface area contributed by atoms with Crippen LogP contribution in [0.2, 0.25) is 5.02 Å². The molecule has 1 aliphatic rings. The summed E-state index contributed by atoms with van der Waals surface area (Å²) in [5.41, 5.74) is 1.43. The minimum absolute atomic E-state index is 0.0533. The van der Waals surface area contributed by atoms with Crippen LogP contribution in [0.15, 0.2) is 53.5 Å². The Hall–Kier alpha value is -2.84. The highest BCUT2D eigenvalue weighted by atomic mass is 35.5. The van der Waals surface area contributed by atoms with E-state index in [1.807, 2.05) is 0 Å². The Kier molecular flexibility index (Phi) is 6.56. The van der Waals surface area contributed by atoms with E-state index in [0.29, 0.717) is 27.1 Å². The van der Waals surface area contributed by atoms with E-state index in [1.165, 1.54) is 23.8 Å². The predicted molar refractivity (Wildman–Crippen MR) is 114 cm³/mol. The molecule has 0 bridgehead atoms. The number of amidine groups is 1. The van der Waals surface area contributed by atoms with Gasteiger partial charge in [-0.25, -0.2) is 9.79 Å². The number of ether oxygens (including phenoxy) is 1. The highest BCUT2D eigenvalue weighted by Crippen LogP contribution is 2.30. The van der Waals surface area contributed by atoms with Gasteiger partial charge in [0, 0.05) is 13.5 Å². The number of aliphatic imine (C=N–C) groups is 1. The third kappa shape index (κ3) is 4.96. The summed E-state index contributed by atoms with van der Waals surface area (Å²) in [6.45, 7) is 0. The van der Waals surface area contributed by atoms with E-state index in [1.54, 1.807) is 55.6 Å². The fraction of sp³-hybridized carbons (Fsp3) is 0.200. The van der Waals surface area contributed by atoms with Gasteiger partial charge < -0.3 is 10.1 Å². The molecule has 1 aliphatic heterocycles. The van der Waals surface area contributed by atoms with Crippen LogP contribution in [0, 0.1) is 0 Å². The first-order valence-electron chi connectivity index (χ1n) is 8.64. The number of carbonyl (C=O) groups is 3. The molecule has 1 saturated heterocycles. The molecule has 1 N–H and O–H groups in total. The molecule has 0 saturated carbocycles. The zero-order valence-electron chi connectivity index (χ0n) is 15.7. The number of nitrogens with one attached hydrogen (secondary N) is 1. The highest BCUT2D eigenvalue weighted by Gasteiger charge is 2.34. The van der Waals surface area contributed by atoms with Crippen molar-refractivity contribution in [1.29, 1.82) is 0 Å². The quantitative estimate of drug-likeness (QED) is 0.745. The van der Waals surface area contributed by atoms with Crippen LogP contribution >= 0.6 is 23.4 Å². The van der Waals surface area contributed by atoms with E-state index < -0.39 is 11.2 Å². The summed E-state index contributed by atoms with van der Waals surface area (Å²) >= 11 is 7.28. The third-order valence-corrected chi connectivity index (χ3v) is 5.78. The van der Waals surface area contributed by atoms with E-state index in [-0.39, 0.29) is 18.2 Å². The van der Waals surface area contributed by atoms with Crippen LogP contribution in [-0.2, 0) is 14.3 Å². The summed E-state index contributed by atoms with van der Waals surface area (Å²) in [5, 5.41) is 2.94. The Morgan fingerprint density at radius 3 is 2.55 bits per heavy atom. The number of hydrogen-bond acceptors (Lipinski definition) is 6. The van der Waals surface area contributed by atoms with Crippen molar-refractivity contribution in [2.75, 3.05) is 19.5 Å². The maximum atomic E-state index is 12.7. The lowest BCUT2D eigenvalue weighted by molar-refractivity contribution is -0.128. The van der Waals surface area contributed by atoms with Crippen LogP contribution in [0.3, 0.4) is 0 Å². The van der Waals surface area contributed by atoms with Gasteiger partial charge in [0.1, 0.15) is 5.25 Å². The first kappa shape index (κ1) is 20.9. The Morgan fingerprint density at radius 1 is 1.21 bits per heavy atom. The molecule has 7 nitrogen and oxygen atoms in total. The van der Waals surface area contributed by atoms with Gasteiger partial charge in [-0.1, -0.05) is 35.5 Å². The van der Waals surface area contributed by atoms with E-state index >= 15 is 0 Å². The lowest BCUT2D eigenvalue weighted by Gasteiger charge is -2.28. The number of anilines is 1. The molecule has 150 valence electrons. The molecule has 29 heavy (non-hydrogen) atoms. The molecular formula is C20H18ClN3O4S. The third-order valence-electron chi connectivity index (χ3n) is 4.21. The van der Waals surface area contributed by atoms with Crippen molar-refractivity contribution in [2.24, 2.45) is 4.99 Å². The molecule has 9 heteroatoms. The molecule has 2 amide bonds. The predicted octanol–water partition coefficient (Wildman–Crippen LogP) is 3.72. The summed E-state index contributed by atoms with van der Waals surface area (Å²) in [6, 6.07) is 13.4. The van der Waals surface area contributed by atoms with Gasteiger partial charge in [-0.3, -0.25) is 14.5 Å². The van der Waals surface area contributed by atoms with Crippen molar-refractivity contribution < 1.29 is 19.1 Å². The van der Waals surface area contributed by atoms with E-state index in [4.69, 9.17) is 11.6 Å². The second-order valence-corrected chi connectivity index (χ2v) is 7.74. The van der Waals surface area contributed by atoms with Crippen LogP contribution in [0.1, 0.15) is 16.8 Å². The average Bonchev–Trinajstić information content (AvgIpc) is 2.72. The number of methoxy groups -OCH3 is 1. The van der Waals surface area contributed by atoms with Gasteiger partial charge in [0.05, 0.1) is 29.1 Å². The van der Waals surface area contributed by atoms with E-state index in [9.17, 15) is 14.4 Å². The molecular weight excluding hydrogens is 414 g/mol. The van der Waals surface area contributed by atoms with Gasteiger partial charge in [0.25, 0.3) is 0 Å². The normalized spacial score (nSPS) is 17.9. The molecule has 1 atom stereocenters. The van der Waals surface area contributed by atoms with Crippen LogP contribution in [0.25, 0.3) is 0 Å². The Labute approximate surface area is 177 Å². The van der Waals surface area contributed by atoms with Crippen molar-refractivity contribution in [2.45, 2.75) is 11.7 Å². The number of rotatable bonds is 4. The van der Waals surface area contributed by atoms with Crippen molar-refractivity contribution in [3.8, 4) is 0 Å². The molecule has 1 heterocycles. The molecule has 1 fully saturated rings. The zero-order chi connectivity index (χ0) is 21.0. The first-order chi connectivity index (χ1) is 13.9. The van der Waals surface area contributed by atoms with Gasteiger partial charge in [-0.2, -0.15) is 0 Å². The maximum absolute atomic E-state index is 12.7. The van der Waals surface area contributed by atoms with Gasteiger partial charge >= 0.3 is 5.97 Å². The van der Waals surface area contributed by atoms with E-state index in [2.05, 4.69) is 15.0 Å². The second-order valence-electron chi connectivity index (χ2n) is 6.17. The summed E-state index contributed by atoms with van der Waals surface area (Å²) in [6.07, 6.45) is 0.0533. The lowest BCUT2D eigenvalue weighted by atomic mass is 10.2. The minimum atomic E-state index is -0.636. The molecule has 2 aromatic rings. The number of carbonyl (C=O) groups excluding carboxylic acids is 3. The van der Waals surface area contributed by atoms with Crippen molar-refractivity contribution in [3.63, 3.8) is 0 Å². The summed E-state index contributed by atoms with van der Waals surface area (Å²) in [7, 11) is 2.92. The maximum Gasteiger partial charge on any atom is 0.337 e. The number of amides is 2. The number of benzene rings is 2. The van der Waals surface area contributed by atoms with Crippen LogP contribution in [0.5, 0.6) is 0 Å². The second kappa shape index (κ2) is 9.11. The van der Waals surface area contributed by atoms with Crippen molar-refractivity contribution in [1.82, 2.24) is 4.90 Å².